The minimum absolute atomic E-state index is 0.143. The van der Waals surface area contributed by atoms with E-state index >= 15 is 0 Å². The van der Waals surface area contributed by atoms with E-state index in [4.69, 9.17) is 11.6 Å². The molecular formula is C14H13ClFN5. The Hall–Kier alpha value is -2.21. The normalized spacial score (nSPS) is 11.0. The molecule has 0 aliphatic carbocycles. The first kappa shape index (κ1) is 13.8. The van der Waals surface area contributed by atoms with Gasteiger partial charge in [-0.05, 0) is 42.3 Å². The van der Waals surface area contributed by atoms with E-state index in [-0.39, 0.29) is 11.1 Å². The molecule has 7 heteroatoms. The van der Waals surface area contributed by atoms with Gasteiger partial charge in [0.05, 0.1) is 11.6 Å². The molecule has 3 aromatic rings. The Morgan fingerprint density at radius 3 is 2.71 bits per heavy atom. The van der Waals surface area contributed by atoms with Crippen LogP contribution in [0.4, 0.5) is 15.9 Å². The summed E-state index contributed by atoms with van der Waals surface area (Å²) in [7, 11) is 0. The Bertz CT molecular complexity index is 769. The van der Waals surface area contributed by atoms with Crippen molar-refractivity contribution in [1.82, 2.24) is 19.7 Å². The van der Waals surface area contributed by atoms with Crippen LogP contribution in [0.2, 0.25) is 5.28 Å². The molecule has 5 nitrogen and oxygen atoms in total. The molecule has 3 rings (SSSR count). The van der Waals surface area contributed by atoms with E-state index in [9.17, 15) is 4.39 Å². The zero-order valence-corrected chi connectivity index (χ0v) is 12.1. The fourth-order valence-electron chi connectivity index (χ4n) is 2.07. The SMILES string of the molecule is CCCn1ncc2c(Nc3ccc(F)cc3)nc(Cl)nc21. The summed E-state index contributed by atoms with van der Waals surface area (Å²) < 4.78 is 14.7. The third-order valence-corrected chi connectivity index (χ3v) is 3.18. The number of fused-ring (bicyclic) bond motifs is 1. The highest BCUT2D eigenvalue weighted by molar-refractivity contribution is 6.28. The van der Waals surface area contributed by atoms with E-state index in [1.165, 1.54) is 12.1 Å². The lowest BCUT2D eigenvalue weighted by Gasteiger charge is -2.07. The van der Waals surface area contributed by atoms with Crippen LogP contribution in [0, 0.1) is 5.82 Å². The predicted molar refractivity (Wildman–Crippen MR) is 80.3 cm³/mol. The number of aromatic nitrogens is 4. The molecule has 21 heavy (non-hydrogen) atoms. The van der Waals surface area contributed by atoms with Gasteiger partial charge in [-0.25, -0.2) is 9.07 Å². The minimum atomic E-state index is -0.290. The molecule has 108 valence electrons. The van der Waals surface area contributed by atoms with Crippen molar-refractivity contribution in [3.8, 4) is 0 Å². The first-order chi connectivity index (χ1) is 10.2. The first-order valence-corrected chi connectivity index (χ1v) is 6.97. The smallest absolute Gasteiger partial charge is 0.226 e. The van der Waals surface area contributed by atoms with Gasteiger partial charge in [0.15, 0.2) is 5.65 Å². The molecule has 0 fully saturated rings. The second-order valence-corrected chi connectivity index (χ2v) is 4.92. The van der Waals surface area contributed by atoms with Crippen molar-refractivity contribution < 1.29 is 4.39 Å². The molecule has 0 spiro atoms. The molecule has 0 unspecified atom stereocenters. The Kier molecular flexibility index (Phi) is 3.70. The van der Waals surface area contributed by atoms with E-state index in [0.29, 0.717) is 11.5 Å². The predicted octanol–water partition coefficient (Wildman–Crippen LogP) is 3.77. The molecule has 0 radical (unpaired) electrons. The summed E-state index contributed by atoms with van der Waals surface area (Å²) in [5.41, 5.74) is 1.40. The van der Waals surface area contributed by atoms with Crippen LogP contribution >= 0.6 is 11.6 Å². The average Bonchev–Trinajstić information content (AvgIpc) is 2.85. The van der Waals surface area contributed by atoms with Crippen molar-refractivity contribution >= 4 is 34.1 Å². The number of benzene rings is 1. The second-order valence-electron chi connectivity index (χ2n) is 4.58. The van der Waals surface area contributed by atoms with Crippen LogP contribution in [-0.4, -0.2) is 19.7 Å². The maximum atomic E-state index is 12.9. The van der Waals surface area contributed by atoms with Gasteiger partial charge in [-0.1, -0.05) is 6.92 Å². The topological polar surface area (TPSA) is 55.6 Å². The Morgan fingerprint density at radius 1 is 1.24 bits per heavy atom. The average molecular weight is 306 g/mol. The van der Waals surface area contributed by atoms with Crippen LogP contribution in [0.15, 0.2) is 30.5 Å². The van der Waals surface area contributed by atoms with Gasteiger partial charge in [0, 0.05) is 12.2 Å². The quantitative estimate of drug-likeness (QED) is 0.745. The second kappa shape index (κ2) is 5.65. The van der Waals surface area contributed by atoms with Crippen molar-refractivity contribution in [2.24, 2.45) is 0 Å². The lowest BCUT2D eigenvalue weighted by molar-refractivity contribution is 0.617. The third kappa shape index (κ3) is 2.80. The standard InChI is InChI=1S/C14H13ClFN5/c1-2-7-21-13-11(8-17-21)12(19-14(15)20-13)18-10-5-3-9(16)4-6-10/h3-6,8H,2,7H2,1H3,(H,18,19,20). The van der Waals surface area contributed by atoms with Gasteiger partial charge in [-0.3, -0.25) is 0 Å². The summed E-state index contributed by atoms with van der Waals surface area (Å²) >= 11 is 5.98. The zero-order valence-electron chi connectivity index (χ0n) is 11.3. The van der Waals surface area contributed by atoms with Crippen LogP contribution in [0.25, 0.3) is 11.0 Å². The molecule has 1 aromatic carbocycles. The minimum Gasteiger partial charge on any atom is -0.339 e. The van der Waals surface area contributed by atoms with Crippen molar-refractivity contribution in [3.63, 3.8) is 0 Å². The zero-order chi connectivity index (χ0) is 14.8. The van der Waals surface area contributed by atoms with Crippen LogP contribution in [-0.2, 0) is 6.54 Å². The van der Waals surface area contributed by atoms with Gasteiger partial charge in [0.25, 0.3) is 0 Å². The first-order valence-electron chi connectivity index (χ1n) is 6.59. The van der Waals surface area contributed by atoms with E-state index in [0.717, 1.165) is 24.0 Å². The summed E-state index contributed by atoms with van der Waals surface area (Å²) in [5, 5.41) is 8.33. The molecule has 0 saturated carbocycles. The molecular weight excluding hydrogens is 293 g/mol. The molecule has 2 heterocycles. The largest absolute Gasteiger partial charge is 0.339 e. The molecule has 0 atom stereocenters. The van der Waals surface area contributed by atoms with Gasteiger partial charge in [-0.2, -0.15) is 15.1 Å². The third-order valence-electron chi connectivity index (χ3n) is 3.01. The van der Waals surface area contributed by atoms with Crippen LogP contribution in [0.3, 0.4) is 0 Å². The van der Waals surface area contributed by atoms with Gasteiger partial charge >= 0.3 is 0 Å². The Labute approximate surface area is 125 Å². The number of halogens is 2. The van der Waals surface area contributed by atoms with Crippen molar-refractivity contribution in [2.75, 3.05) is 5.32 Å². The van der Waals surface area contributed by atoms with E-state index < -0.39 is 0 Å². The maximum absolute atomic E-state index is 12.9. The molecule has 1 N–H and O–H groups in total. The number of rotatable bonds is 4. The monoisotopic (exact) mass is 305 g/mol. The van der Waals surface area contributed by atoms with E-state index in [1.807, 2.05) is 0 Å². The van der Waals surface area contributed by atoms with Crippen molar-refractivity contribution in [3.05, 3.63) is 41.6 Å². The summed E-state index contributed by atoms with van der Waals surface area (Å²) in [6, 6.07) is 6.02. The van der Waals surface area contributed by atoms with Crippen LogP contribution in [0.1, 0.15) is 13.3 Å². The fourth-order valence-corrected chi connectivity index (χ4v) is 2.23. The summed E-state index contributed by atoms with van der Waals surface area (Å²) in [6.45, 7) is 2.82. The summed E-state index contributed by atoms with van der Waals surface area (Å²) in [4.78, 5) is 8.41. The van der Waals surface area contributed by atoms with Gasteiger partial charge in [0.1, 0.15) is 11.6 Å². The number of anilines is 2. The van der Waals surface area contributed by atoms with Crippen LogP contribution in [0.5, 0.6) is 0 Å². The van der Waals surface area contributed by atoms with Gasteiger partial charge in [-0.15, -0.1) is 0 Å². The number of hydrogen-bond acceptors (Lipinski definition) is 4. The van der Waals surface area contributed by atoms with Crippen molar-refractivity contribution in [2.45, 2.75) is 19.9 Å². The fraction of sp³-hybridized carbons (Fsp3) is 0.214. The number of nitrogens with zero attached hydrogens (tertiary/aromatic N) is 4. The van der Waals surface area contributed by atoms with Crippen LogP contribution < -0.4 is 5.32 Å². The highest BCUT2D eigenvalue weighted by atomic mass is 35.5. The number of aryl methyl sites for hydroxylation is 1. The molecule has 2 aromatic heterocycles. The molecule has 0 amide bonds. The molecule has 0 aliphatic heterocycles. The summed E-state index contributed by atoms with van der Waals surface area (Å²) in [5.74, 6) is 0.265. The highest BCUT2D eigenvalue weighted by Gasteiger charge is 2.12. The van der Waals surface area contributed by atoms with Gasteiger partial charge in [0.2, 0.25) is 5.28 Å². The maximum Gasteiger partial charge on any atom is 0.226 e. The van der Waals surface area contributed by atoms with E-state index in [2.05, 4.69) is 27.3 Å². The lowest BCUT2D eigenvalue weighted by Crippen LogP contribution is -2.02. The highest BCUT2D eigenvalue weighted by Crippen LogP contribution is 2.25. The number of nitrogens with one attached hydrogen (secondary N) is 1. The summed E-state index contributed by atoms with van der Waals surface area (Å²) in [6.07, 6.45) is 2.65. The molecule has 0 bridgehead atoms. The lowest BCUT2D eigenvalue weighted by atomic mass is 10.3. The van der Waals surface area contributed by atoms with Crippen molar-refractivity contribution in [1.29, 1.82) is 0 Å². The Balaban J connectivity index is 2.03. The Morgan fingerprint density at radius 2 is 2.00 bits per heavy atom. The van der Waals surface area contributed by atoms with E-state index in [1.54, 1.807) is 23.0 Å². The molecule has 0 saturated heterocycles. The molecule has 0 aliphatic rings. The van der Waals surface area contributed by atoms with Gasteiger partial charge < -0.3 is 5.32 Å². The number of hydrogen-bond donors (Lipinski definition) is 1.